The van der Waals surface area contributed by atoms with Gasteiger partial charge in [-0.3, -0.25) is 9.59 Å². The van der Waals surface area contributed by atoms with Gasteiger partial charge in [-0.05, 0) is 31.9 Å². The largest absolute Gasteiger partial charge is 0.357 e. The first-order valence-electron chi connectivity index (χ1n) is 9.10. The molecule has 1 unspecified atom stereocenters. The monoisotopic (exact) mass is 384 g/mol. The minimum absolute atomic E-state index is 0.0238. The van der Waals surface area contributed by atoms with Crippen molar-refractivity contribution >= 4 is 23.6 Å². The van der Waals surface area contributed by atoms with Gasteiger partial charge in [0.25, 0.3) is 0 Å². The molecule has 0 spiro atoms. The van der Waals surface area contributed by atoms with Gasteiger partial charge in [0.2, 0.25) is 11.8 Å². The molecule has 0 radical (unpaired) electrons. The van der Waals surface area contributed by atoms with Crippen molar-refractivity contribution < 1.29 is 9.59 Å². The van der Waals surface area contributed by atoms with E-state index in [0.717, 1.165) is 11.3 Å². The maximum Gasteiger partial charge on any atom is 0.242 e. The molecule has 2 aromatic carbocycles. The fourth-order valence-corrected chi connectivity index (χ4v) is 3.68. The average molecular weight is 385 g/mol. The summed E-state index contributed by atoms with van der Waals surface area (Å²) in [5, 5.41) is 2.64. The van der Waals surface area contributed by atoms with E-state index in [-0.39, 0.29) is 11.8 Å². The number of nitrogens with zero attached hydrogens (tertiary/aromatic N) is 1. The van der Waals surface area contributed by atoms with Crippen LogP contribution in [0.4, 0.5) is 0 Å². The van der Waals surface area contributed by atoms with Crippen LogP contribution >= 0.6 is 11.8 Å². The molecule has 1 N–H and O–H groups in total. The summed E-state index contributed by atoms with van der Waals surface area (Å²) in [7, 11) is 1.60. The van der Waals surface area contributed by atoms with Crippen molar-refractivity contribution in [1.29, 1.82) is 0 Å². The summed E-state index contributed by atoms with van der Waals surface area (Å²) in [5.74, 6) is 0.949. The number of rotatable bonds is 8. The molecule has 0 bridgehead atoms. The molecule has 4 nitrogen and oxygen atoms in total. The maximum absolute atomic E-state index is 12.9. The molecule has 0 heterocycles. The number of likely N-dealkylation sites (N-methyl/N-ethyl adjacent to an activating group) is 1. The van der Waals surface area contributed by atoms with Crippen molar-refractivity contribution in [3.63, 3.8) is 0 Å². The molecule has 2 amide bonds. The van der Waals surface area contributed by atoms with E-state index in [1.165, 1.54) is 16.7 Å². The van der Waals surface area contributed by atoms with Gasteiger partial charge < -0.3 is 10.2 Å². The number of thioether (sulfide) groups is 1. The Labute approximate surface area is 166 Å². The molecule has 0 saturated carbocycles. The lowest BCUT2D eigenvalue weighted by molar-refractivity contribution is -0.138. The Balaban J connectivity index is 2.03. The molecule has 1 atom stereocenters. The van der Waals surface area contributed by atoms with Crippen molar-refractivity contribution in [3.8, 4) is 0 Å². The minimum Gasteiger partial charge on any atom is -0.357 e. The highest BCUT2D eigenvalue weighted by molar-refractivity contribution is 7.99. The molecule has 2 rings (SSSR count). The van der Waals surface area contributed by atoms with E-state index in [4.69, 9.17) is 0 Å². The van der Waals surface area contributed by atoms with Crippen molar-refractivity contribution in [3.05, 3.63) is 70.8 Å². The summed E-state index contributed by atoms with van der Waals surface area (Å²) in [4.78, 5) is 26.6. The maximum atomic E-state index is 12.9. The fraction of sp³-hybridized carbons (Fsp3) is 0.364. The normalized spacial score (nSPS) is 11.7. The highest BCUT2D eigenvalue weighted by atomic mass is 32.2. The van der Waals surface area contributed by atoms with Gasteiger partial charge in [-0.2, -0.15) is 0 Å². The summed E-state index contributed by atoms with van der Waals surface area (Å²) >= 11 is 1.58. The first-order valence-corrected chi connectivity index (χ1v) is 10.3. The summed E-state index contributed by atoms with van der Waals surface area (Å²) in [6, 6.07) is 15.8. The molecule has 144 valence electrons. The number of benzene rings is 2. The predicted octanol–water partition coefficient (Wildman–Crippen LogP) is 3.70. The Morgan fingerprint density at radius 3 is 2.37 bits per heavy atom. The van der Waals surface area contributed by atoms with Crippen LogP contribution in [0.1, 0.15) is 29.2 Å². The van der Waals surface area contributed by atoms with Crippen LogP contribution in [-0.2, 0) is 21.9 Å². The second-order valence-electron chi connectivity index (χ2n) is 6.78. The topological polar surface area (TPSA) is 49.4 Å². The average Bonchev–Trinajstić information content (AvgIpc) is 2.66. The molecular formula is C22H28N2O2S. The number of hydrogen-bond donors (Lipinski definition) is 1. The quantitative estimate of drug-likeness (QED) is 0.755. The van der Waals surface area contributed by atoms with Crippen LogP contribution in [0.5, 0.6) is 0 Å². The number of carbonyl (C=O) groups is 2. The zero-order valence-corrected chi connectivity index (χ0v) is 17.3. The van der Waals surface area contributed by atoms with Crippen LogP contribution in [0.3, 0.4) is 0 Å². The number of nitrogens with one attached hydrogen (secondary N) is 1. The zero-order chi connectivity index (χ0) is 19.8. The van der Waals surface area contributed by atoms with Crippen molar-refractivity contribution in [2.24, 2.45) is 0 Å². The Hall–Kier alpha value is -2.27. The first kappa shape index (κ1) is 21.0. The summed E-state index contributed by atoms with van der Waals surface area (Å²) in [6.07, 6.45) is 0. The van der Waals surface area contributed by atoms with Crippen molar-refractivity contribution in [2.45, 2.75) is 39.1 Å². The zero-order valence-electron chi connectivity index (χ0n) is 16.5. The molecule has 0 aliphatic rings. The highest BCUT2D eigenvalue weighted by Gasteiger charge is 2.25. The Morgan fingerprint density at radius 1 is 1.04 bits per heavy atom. The van der Waals surface area contributed by atoms with Gasteiger partial charge in [-0.1, -0.05) is 59.7 Å². The molecule has 0 fully saturated rings. The van der Waals surface area contributed by atoms with Crippen LogP contribution in [0.25, 0.3) is 0 Å². The standard InChI is InChI=1S/C22H28N2O2S/c1-16-8-10-19(11-9-16)13-24(18(3)22(26)23-4)21(25)15-27-14-20-7-5-6-17(2)12-20/h5-12,18H,13-15H2,1-4H3,(H,23,26). The van der Waals surface area contributed by atoms with Crippen molar-refractivity contribution in [1.82, 2.24) is 10.2 Å². The lowest BCUT2D eigenvalue weighted by Gasteiger charge is -2.28. The molecule has 0 aromatic heterocycles. The molecule has 0 aliphatic heterocycles. The van der Waals surface area contributed by atoms with Gasteiger partial charge in [0.1, 0.15) is 6.04 Å². The highest BCUT2D eigenvalue weighted by Crippen LogP contribution is 2.17. The van der Waals surface area contributed by atoms with Gasteiger partial charge in [0.15, 0.2) is 0 Å². The molecule has 5 heteroatoms. The van der Waals surface area contributed by atoms with Gasteiger partial charge in [0, 0.05) is 19.3 Å². The van der Waals surface area contributed by atoms with Gasteiger partial charge in [-0.15, -0.1) is 11.8 Å². The smallest absolute Gasteiger partial charge is 0.242 e. The van der Waals surface area contributed by atoms with Gasteiger partial charge in [0.05, 0.1) is 5.75 Å². The first-order chi connectivity index (χ1) is 12.9. The van der Waals surface area contributed by atoms with E-state index in [2.05, 4.69) is 30.4 Å². The van der Waals surface area contributed by atoms with Crippen molar-refractivity contribution in [2.75, 3.05) is 12.8 Å². The minimum atomic E-state index is -0.511. The van der Waals surface area contributed by atoms with E-state index < -0.39 is 6.04 Å². The van der Waals surface area contributed by atoms with Gasteiger partial charge >= 0.3 is 0 Å². The van der Waals surface area contributed by atoms with Crippen LogP contribution in [0.15, 0.2) is 48.5 Å². The molecular weight excluding hydrogens is 356 g/mol. The molecule has 0 aliphatic carbocycles. The molecule has 2 aromatic rings. The van der Waals surface area contributed by atoms with Crippen LogP contribution in [0.2, 0.25) is 0 Å². The molecule has 0 saturated heterocycles. The third-order valence-electron chi connectivity index (χ3n) is 4.46. The van der Waals surface area contributed by atoms with Crippen LogP contribution < -0.4 is 5.32 Å². The van der Waals surface area contributed by atoms with Crippen LogP contribution in [0, 0.1) is 13.8 Å². The van der Waals surface area contributed by atoms with E-state index >= 15 is 0 Å². The SMILES string of the molecule is CNC(=O)C(C)N(Cc1ccc(C)cc1)C(=O)CSCc1cccc(C)c1. The number of carbonyl (C=O) groups excluding carboxylic acids is 2. The Kier molecular flexibility index (Phi) is 7.92. The number of aryl methyl sites for hydroxylation is 2. The Bertz CT molecular complexity index is 774. The second kappa shape index (κ2) is 10.2. The summed E-state index contributed by atoms with van der Waals surface area (Å²) in [6.45, 7) is 6.30. The predicted molar refractivity (Wildman–Crippen MR) is 113 cm³/mol. The van der Waals surface area contributed by atoms with Crippen LogP contribution in [-0.4, -0.2) is 35.6 Å². The lowest BCUT2D eigenvalue weighted by atomic mass is 10.1. The van der Waals surface area contributed by atoms with Gasteiger partial charge in [-0.25, -0.2) is 0 Å². The number of hydrogen-bond acceptors (Lipinski definition) is 3. The lowest BCUT2D eigenvalue weighted by Crippen LogP contribution is -2.47. The summed E-state index contributed by atoms with van der Waals surface area (Å²) < 4.78 is 0. The number of amides is 2. The summed E-state index contributed by atoms with van der Waals surface area (Å²) in [5.41, 5.74) is 4.61. The third-order valence-corrected chi connectivity index (χ3v) is 5.45. The van der Waals surface area contributed by atoms with E-state index in [1.807, 2.05) is 37.3 Å². The second-order valence-corrected chi connectivity index (χ2v) is 7.76. The van der Waals surface area contributed by atoms with E-state index in [9.17, 15) is 9.59 Å². The fourth-order valence-electron chi connectivity index (χ4n) is 2.82. The molecule has 27 heavy (non-hydrogen) atoms. The van der Waals surface area contributed by atoms with E-state index in [1.54, 1.807) is 30.6 Å². The third kappa shape index (κ3) is 6.43. The Morgan fingerprint density at radius 2 is 1.74 bits per heavy atom. The van der Waals surface area contributed by atoms with E-state index in [0.29, 0.717) is 12.3 Å².